The molecule has 0 N–H and O–H groups in total. The van der Waals surface area contributed by atoms with Crippen molar-refractivity contribution in [1.29, 1.82) is 0 Å². The molecule has 0 bridgehead atoms. The number of pyridine rings is 1. The molecule has 102 valence electrons. The maximum absolute atomic E-state index is 5.99. The first-order valence-electron chi connectivity index (χ1n) is 6.74. The number of halogens is 1. The summed E-state index contributed by atoms with van der Waals surface area (Å²) in [5.74, 6) is 0.393. The molecule has 0 aliphatic rings. The summed E-state index contributed by atoms with van der Waals surface area (Å²) >= 11 is 5.99. The second-order valence-corrected chi connectivity index (χ2v) is 5.15. The molecule has 3 nitrogen and oxygen atoms in total. The van der Waals surface area contributed by atoms with Gasteiger partial charge in [-0.2, -0.15) is 0 Å². The monoisotopic (exact) mass is 293 g/mol. The van der Waals surface area contributed by atoms with Gasteiger partial charge in [-0.05, 0) is 24.3 Å². The van der Waals surface area contributed by atoms with Gasteiger partial charge >= 0.3 is 0 Å². The van der Waals surface area contributed by atoms with Crippen LogP contribution in [-0.2, 0) is 5.88 Å². The fourth-order valence-electron chi connectivity index (χ4n) is 2.63. The summed E-state index contributed by atoms with van der Waals surface area (Å²) in [6, 6.07) is 18.2. The molecular weight excluding hydrogens is 282 g/mol. The van der Waals surface area contributed by atoms with E-state index >= 15 is 0 Å². The number of hydrogen-bond donors (Lipinski definition) is 0. The molecule has 0 aliphatic carbocycles. The molecule has 2 aromatic carbocycles. The smallest absolute Gasteiger partial charge is 0.100 e. The van der Waals surface area contributed by atoms with E-state index in [2.05, 4.69) is 26.7 Å². The third-order valence-corrected chi connectivity index (χ3v) is 3.87. The van der Waals surface area contributed by atoms with Gasteiger partial charge in [-0.1, -0.05) is 30.3 Å². The van der Waals surface area contributed by atoms with Gasteiger partial charge in [0.25, 0.3) is 0 Å². The lowest BCUT2D eigenvalue weighted by atomic mass is 10.1. The normalized spacial score (nSPS) is 11.3. The number of aromatic nitrogens is 3. The van der Waals surface area contributed by atoms with Gasteiger partial charge < -0.3 is 0 Å². The van der Waals surface area contributed by atoms with E-state index in [0.717, 1.165) is 33.3 Å². The van der Waals surface area contributed by atoms with Crippen LogP contribution >= 0.6 is 11.6 Å². The highest BCUT2D eigenvalue weighted by Gasteiger charge is 2.10. The minimum atomic E-state index is 0.393. The fourth-order valence-corrected chi connectivity index (χ4v) is 2.77. The third-order valence-electron chi connectivity index (χ3n) is 3.60. The third kappa shape index (κ3) is 1.98. The quantitative estimate of drug-likeness (QED) is 0.516. The number of fused-ring (bicyclic) bond motifs is 2. The zero-order valence-electron chi connectivity index (χ0n) is 11.2. The van der Waals surface area contributed by atoms with Crippen LogP contribution in [0.4, 0.5) is 0 Å². The van der Waals surface area contributed by atoms with Crippen LogP contribution in [0, 0.1) is 0 Å². The average molecular weight is 294 g/mol. The number of para-hydroxylation sites is 3. The lowest BCUT2D eigenvalue weighted by Crippen LogP contribution is -1.97. The first kappa shape index (κ1) is 12.4. The standard InChI is InChI=1S/C17H12ClN3/c18-10-12-9-17(13-5-1-2-6-14(13)20-12)21-11-19-15-7-3-4-8-16(15)21/h1-9,11H,10H2. The molecule has 21 heavy (non-hydrogen) atoms. The summed E-state index contributed by atoms with van der Waals surface area (Å²) in [5.41, 5.74) is 4.93. The Kier molecular flexibility index (Phi) is 2.86. The summed E-state index contributed by atoms with van der Waals surface area (Å²) in [6.45, 7) is 0. The second-order valence-electron chi connectivity index (χ2n) is 4.89. The van der Waals surface area contributed by atoms with E-state index in [1.807, 2.05) is 48.8 Å². The molecule has 4 aromatic rings. The SMILES string of the molecule is ClCc1cc(-n2cnc3ccccc32)c2ccccc2n1. The number of rotatable bonds is 2. The maximum Gasteiger partial charge on any atom is 0.100 e. The average Bonchev–Trinajstić information content (AvgIpc) is 2.97. The van der Waals surface area contributed by atoms with Crippen LogP contribution in [-0.4, -0.2) is 14.5 Å². The Morgan fingerprint density at radius 3 is 2.57 bits per heavy atom. The van der Waals surface area contributed by atoms with E-state index in [9.17, 15) is 0 Å². The van der Waals surface area contributed by atoms with Crippen molar-refractivity contribution in [1.82, 2.24) is 14.5 Å². The van der Waals surface area contributed by atoms with Crippen molar-refractivity contribution in [3.8, 4) is 5.69 Å². The van der Waals surface area contributed by atoms with E-state index < -0.39 is 0 Å². The minimum Gasteiger partial charge on any atom is -0.298 e. The Morgan fingerprint density at radius 2 is 1.71 bits per heavy atom. The zero-order valence-corrected chi connectivity index (χ0v) is 12.0. The molecule has 0 unspecified atom stereocenters. The number of imidazole rings is 1. The summed E-state index contributed by atoms with van der Waals surface area (Å²) in [4.78, 5) is 9.05. The van der Waals surface area contributed by atoms with Gasteiger partial charge in [-0.25, -0.2) is 4.98 Å². The van der Waals surface area contributed by atoms with Gasteiger partial charge in [-0.3, -0.25) is 9.55 Å². The van der Waals surface area contributed by atoms with Crippen molar-refractivity contribution < 1.29 is 0 Å². The molecule has 0 aliphatic heterocycles. The van der Waals surface area contributed by atoms with E-state index in [1.165, 1.54) is 0 Å². The van der Waals surface area contributed by atoms with Crippen LogP contribution in [0.15, 0.2) is 60.9 Å². The van der Waals surface area contributed by atoms with Crippen LogP contribution in [0.5, 0.6) is 0 Å². The van der Waals surface area contributed by atoms with Gasteiger partial charge in [0.1, 0.15) is 6.33 Å². The van der Waals surface area contributed by atoms with Crippen LogP contribution in [0.1, 0.15) is 5.69 Å². The van der Waals surface area contributed by atoms with Crippen molar-refractivity contribution in [3.63, 3.8) is 0 Å². The van der Waals surface area contributed by atoms with Crippen molar-refractivity contribution in [2.45, 2.75) is 5.88 Å². The molecule has 0 atom stereocenters. The highest BCUT2D eigenvalue weighted by atomic mass is 35.5. The predicted octanol–water partition coefficient (Wildman–Crippen LogP) is 4.31. The highest BCUT2D eigenvalue weighted by Crippen LogP contribution is 2.26. The Labute approximate surface area is 126 Å². The lowest BCUT2D eigenvalue weighted by Gasteiger charge is -2.10. The Bertz CT molecular complexity index is 943. The van der Waals surface area contributed by atoms with Crippen LogP contribution in [0.2, 0.25) is 0 Å². The van der Waals surface area contributed by atoms with Gasteiger partial charge in [-0.15, -0.1) is 11.6 Å². The zero-order chi connectivity index (χ0) is 14.2. The molecule has 0 fully saturated rings. The first-order valence-corrected chi connectivity index (χ1v) is 7.27. The van der Waals surface area contributed by atoms with E-state index in [1.54, 1.807) is 0 Å². The fraction of sp³-hybridized carbons (Fsp3) is 0.0588. The van der Waals surface area contributed by atoms with Crippen molar-refractivity contribution >= 4 is 33.5 Å². The molecule has 4 rings (SSSR count). The Balaban J connectivity index is 2.09. The molecule has 0 spiro atoms. The number of hydrogen-bond acceptors (Lipinski definition) is 2. The van der Waals surface area contributed by atoms with Crippen LogP contribution in [0.3, 0.4) is 0 Å². The first-order chi connectivity index (χ1) is 10.4. The molecule has 2 aromatic heterocycles. The predicted molar refractivity (Wildman–Crippen MR) is 85.9 cm³/mol. The molecular formula is C17H12ClN3. The molecule has 0 amide bonds. The van der Waals surface area contributed by atoms with E-state index in [-0.39, 0.29) is 0 Å². The number of nitrogens with zero attached hydrogens (tertiary/aromatic N) is 3. The van der Waals surface area contributed by atoms with Crippen LogP contribution in [0.25, 0.3) is 27.6 Å². The largest absolute Gasteiger partial charge is 0.298 e. The number of alkyl halides is 1. The summed E-state index contributed by atoms with van der Waals surface area (Å²) in [6.07, 6.45) is 1.85. The molecule has 4 heteroatoms. The number of benzene rings is 2. The second kappa shape index (κ2) is 4.86. The van der Waals surface area contributed by atoms with Gasteiger partial charge in [0.05, 0.1) is 33.8 Å². The molecule has 2 heterocycles. The highest BCUT2D eigenvalue weighted by molar-refractivity contribution is 6.17. The summed E-state index contributed by atoms with van der Waals surface area (Å²) < 4.78 is 2.09. The molecule has 0 radical (unpaired) electrons. The lowest BCUT2D eigenvalue weighted by molar-refractivity contribution is 1.08. The topological polar surface area (TPSA) is 30.7 Å². The maximum atomic E-state index is 5.99. The minimum absolute atomic E-state index is 0.393. The van der Waals surface area contributed by atoms with Crippen molar-refractivity contribution in [2.75, 3.05) is 0 Å². The van der Waals surface area contributed by atoms with Crippen LogP contribution < -0.4 is 0 Å². The van der Waals surface area contributed by atoms with E-state index in [0.29, 0.717) is 5.88 Å². The van der Waals surface area contributed by atoms with Gasteiger partial charge in [0, 0.05) is 5.39 Å². The van der Waals surface area contributed by atoms with Gasteiger partial charge in [0.15, 0.2) is 0 Å². The van der Waals surface area contributed by atoms with Gasteiger partial charge in [0.2, 0.25) is 0 Å². The van der Waals surface area contributed by atoms with E-state index in [4.69, 9.17) is 11.6 Å². The molecule has 0 saturated carbocycles. The summed E-state index contributed by atoms with van der Waals surface area (Å²) in [7, 11) is 0. The van der Waals surface area contributed by atoms with Crippen molar-refractivity contribution in [3.05, 3.63) is 66.6 Å². The summed E-state index contributed by atoms with van der Waals surface area (Å²) in [5, 5.41) is 1.09. The Hall–Kier alpha value is -2.39. The molecule has 0 saturated heterocycles. The Morgan fingerprint density at radius 1 is 0.952 bits per heavy atom. The van der Waals surface area contributed by atoms with Crippen molar-refractivity contribution in [2.24, 2.45) is 0 Å².